The summed E-state index contributed by atoms with van der Waals surface area (Å²) in [6, 6.07) is 3.26. The lowest BCUT2D eigenvalue weighted by Gasteiger charge is -2.05. The Balaban J connectivity index is 2.60. The van der Waals surface area contributed by atoms with Crippen LogP contribution in [0.15, 0.2) is 24.5 Å². The lowest BCUT2D eigenvalue weighted by Crippen LogP contribution is -2.17. The zero-order valence-electron chi connectivity index (χ0n) is 7.55. The maximum absolute atomic E-state index is 11.3. The molecule has 1 aromatic heterocycles. The van der Waals surface area contributed by atoms with Crippen molar-refractivity contribution in [2.24, 2.45) is 0 Å². The fourth-order valence-electron chi connectivity index (χ4n) is 0.908. The number of nitrogens with zero attached hydrogens (tertiary/aromatic N) is 1. The number of nitrogens with one attached hydrogen (secondary N) is 1. The average Bonchev–Trinajstić information content (AvgIpc) is 2.16. The summed E-state index contributed by atoms with van der Waals surface area (Å²) in [7, 11) is -3.35. The predicted octanol–water partition coefficient (Wildman–Crippen LogP) is 0.206. The van der Waals surface area contributed by atoms with Crippen molar-refractivity contribution >= 4 is 15.7 Å². The number of anilines is 1. The molecule has 0 aliphatic carbocycles. The van der Waals surface area contributed by atoms with Crippen LogP contribution >= 0.6 is 0 Å². The normalized spacial score (nSPS) is 11.2. The Morgan fingerprint density at radius 2 is 2.29 bits per heavy atom. The molecule has 0 aliphatic rings. The summed E-state index contributed by atoms with van der Waals surface area (Å²) in [4.78, 5) is 3.77. The number of hydrogen-bond acceptors (Lipinski definition) is 4. The first-order chi connectivity index (χ1) is 6.64. The molecule has 0 fully saturated rings. The van der Waals surface area contributed by atoms with E-state index in [1.807, 2.05) is 0 Å². The quantitative estimate of drug-likeness (QED) is 0.737. The highest BCUT2D eigenvalue weighted by molar-refractivity contribution is 7.92. The first-order valence-electron chi connectivity index (χ1n) is 4.15. The van der Waals surface area contributed by atoms with Gasteiger partial charge in [-0.25, -0.2) is 8.42 Å². The van der Waals surface area contributed by atoms with Gasteiger partial charge < -0.3 is 5.11 Å². The van der Waals surface area contributed by atoms with Crippen molar-refractivity contribution in [3.63, 3.8) is 0 Å². The second-order valence-electron chi connectivity index (χ2n) is 2.74. The number of aliphatic hydroxyl groups is 1. The number of rotatable bonds is 5. The van der Waals surface area contributed by atoms with Gasteiger partial charge in [-0.15, -0.1) is 0 Å². The van der Waals surface area contributed by atoms with Gasteiger partial charge in [-0.05, 0) is 18.6 Å². The van der Waals surface area contributed by atoms with Gasteiger partial charge in [0, 0.05) is 12.8 Å². The molecule has 0 amide bonds. The van der Waals surface area contributed by atoms with Gasteiger partial charge in [-0.2, -0.15) is 0 Å². The smallest absolute Gasteiger partial charge is 0.232 e. The van der Waals surface area contributed by atoms with E-state index in [0.717, 1.165) is 0 Å². The molecule has 0 atom stereocenters. The van der Waals surface area contributed by atoms with E-state index >= 15 is 0 Å². The summed E-state index contributed by atoms with van der Waals surface area (Å²) in [5.41, 5.74) is 0.436. The summed E-state index contributed by atoms with van der Waals surface area (Å²) in [6.07, 6.45) is 3.22. The van der Waals surface area contributed by atoms with E-state index in [-0.39, 0.29) is 18.8 Å². The maximum atomic E-state index is 11.3. The highest BCUT2D eigenvalue weighted by Crippen LogP contribution is 2.06. The fraction of sp³-hybridized carbons (Fsp3) is 0.375. The minimum Gasteiger partial charge on any atom is -0.396 e. The molecule has 0 saturated carbocycles. The largest absolute Gasteiger partial charge is 0.396 e. The van der Waals surface area contributed by atoms with Gasteiger partial charge in [-0.3, -0.25) is 9.71 Å². The van der Waals surface area contributed by atoms with Crippen LogP contribution in [0.1, 0.15) is 6.42 Å². The van der Waals surface area contributed by atoms with E-state index in [1.165, 1.54) is 6.20 Å². The maximum Gasteiger partial charge on any atom is 0.232 e. The van der Waals surface area contributed by atoms with E-state index in [2.05, 4.69) is 9.71 Å². The van der Waals surface area contributed by atoms with Crippen LogP contribution in [-0.2, 0) is 10.0 Å². The molecular formula is C8H12N2O3S. The number of aliphatic hydroxyl groups excluding tert-OH is 1. The van der Waals surface area contributed by atoms with E-state index in [4.69, 9.17) is 5.11 Å². The van der Waals surface area contributed by atoms with Crippen molar-refractivity contribution in [2.45, 2.75) is 6.42 Å². The summed E-state index contributed by atoms with van der Waals surface area (Å²) < 4.78 is 25.0. The van der Waals surface area contributed by atoms with Gasteiger partial charge >= 0.3 is 0 Å². The summed E-state index contributed by atoms with van der Waals surface area (Å²) >= 11 is 0. The van der Waals surface area contributed by atoms with Crippen LogP contribution in [0.25, 0.3) is 0 Å². The van der Waals surface area contributed by atoms with Crippen LogP contribution in [0.2, 0.25) is 0 Å². The van der Waals surface area contributed by atoms with E-state index < -0.39 is 10.0 Å². The van der Waals surface area contributed by atoms with Crippen LogP contribution in [0.5, 0.6) is 0 Å². The van der Waals surface area contributed by atoms with Crippen LogP contribution in [-0.4, -0.2) is 30.9 Å². The second-order valence-corrected chi connectivity index (χ2v) is 4.58. The van der Waals surface area contributed by atoms with Crippen molar-refractivity contribution in [3.8, 4) is 0 Å². The van der Waals surface area contributed by atoms with E-state index in [1.54, 1.807) is 18.3 Å². The third-order valence-electron chi connectivity index (χ3n) is 1.51. The SMILES string of the molecule is O=S(=O)(CCCO)Nc1cccnc1. The fourth-order valence-corrected chi connectivity index (χ4v) is 2.00. The molecule has 78 valence electrons. The summed E-state index contributed by atoms with van der Waals surface area (Å²) in [5.74, 6) is -0.0849. The molecule has 0 aromatic carbocycles. The Hall–Kier alpha value is -1.14. The molecule has 1 aromatic rings. The molecule has 1 rings (SSSR count). The average molecular weight is 216 g/mol. The minimum atomic E-state index is -3.35. The molecule has 0 radical (unpaired) electrons. The molecule has 2 N–H and O–H groups in total. The first-order valence-corrected chi connectivity index (χ1v) is 5.81. The van der Waals surface area contributed by atoms with Crippen LogP contribution < -0.4 is 4.72 Å². The monoisotopic (exact) mass is 216 g/mol. The third kappa shape index (κ3) is 3.71. The molecular weight excluding hydrogens is 204 g/mol. The molecule has 0 saturated heterocycles. The van der Waals surface area contributed by atoms with Gasteiger partial charge in [0.15, 0.2) is 0 Å². The Morgan fingerprint density at radius 3 is 2.86 bits per heavy atom. The molecule has 0 unspecified atom stereocenters. The summed E-state index contributed by atoms with van der Waals surface area (Å²) in [6.45, 7) is -0.131. The molecule has 0 bridgehead atoms. The predicted molar refractivity (Wildman–Crippen MR) is 53.3 cm³/mol. The highest BCUT2D eigenvalue weighted by Gasteiger charge is 2.08. The zero-order chi connectivity index (χ0) is 10.4. The van der Waals surface area contributed by atoms with Gasteiger partial charge in [0.25, 0.3) is 0 Å². The summed E-state index contributed by atoms with van der Waals surface area (Å²) in [5, 5.41) is 8.49. The highest BCUT2D eigenvalue weighted by atomic mass is 32.2. The van der Waals surface area contributed by atoms with Gasteiger partial charge in [0.1, 0.15) is 0 Å². The standard InChI is InChI=1S/C8H12N2O3S/c11-5-2-6-14(12,13)10-8-3-1-4-9-7-8/h1,3-4,7,10-11H,2,5-6H2. The Morgan fingerprint density at radius 1 is 1.50 bits per heavy atom. The molecule has 0 spiro atoms. The lowest BCUT2D eigenvalue weighted by atomic mass is 10.4. The van der Waals surface area contributed by atoms with Crippen LogP contribution in [0, 0.1) is 0 Å². The Bertz CT molecular complexity index is 363. The molecule has 6 heteroatoms. The molecule has 14 heavy (non-hydrogen) atoms. The van der Waals surface area contributed by atoms with Gasteiger partial charge in [-0.1, -0.05) is 0 Å². The van der Waals surface area contributed by atoms with Crippen molar-refractivity contribution in [2.75, 3.05) is 17.1 Å². The first kappa shape index (κ1) is 10.9. The van der Waals surface area contributed by atoms with Crippen molar-refractivity contribution in [1.82, 2.24) is 4.98 Å². The van der Waals surface area contributed by atoms with E-state index in [9.17, 15) is 8.42 Å². The van der Waals surface area contributed by atoms with E-state index in [0.29, 0.717) is 5.69 Å². The van der Waals surface area contributed by atoms with Crippen molar-refractivity contribution in [1.29, 1.82) is 0 Å². The lowest BCUT2D eigenvalue weighted by molar-refractivity contribution is 0.295. The molecule has 1 heterocycles. The van der Waals surface area contributed by atoms with Crippen molar-refractivity contribution < 1.29 is 13.5 Å². The second kappa shape index (κ2) is 4.92. The number of sulfonamides is 1. The Labute approximate surface area is 82.9 Å². The molecule has 5 nitrogen and oxygen atoms in total. The van der Waals surface area contributed by atoms with Crippen LogP contribution in [0.4, 0.5) is 5.69 Å². The minimum absolute atomic E-state index is 0.0849. The third-order valence-corrected chi connectivity index (χ3v) is 2.88. The topological polar surface area (TPSA) is 79.3 Å². The van der Waals surface area contributed by atoms with Gasteiger partial charge in [0.2, 0.25) is 10.0 Å². The molecule has 0 aliphatic heterocycles. The number of hydrogen-bond donors (Lipinski definition) is 2. The van der Waals surface area contributed by atoms with Crippen LogP contribution in [0.3, 0.4) is 0 Å². The number of pyridine rings is 1. The Kier molecular flexibility index (Phi) is 3.84. The number of aromatic nitrogens is 1. The van der Waals surface area contributed by atoms with Gasteiger partial charge in [0.05, 0.1) is 17.6 Å². The zero-order valence-corrected chi connectivity index (χ0v) is 8.37. The van der Waals surface area contributed by atoms with Crippen molar-refractivity contribution in [3.05, 3.63) is 24.5 Å².